The molecule has 2 rings (SSSR count). The molecule has 1 aromatic rings. The molecule has 7 heteroatoms. The molecule has 1 saturated heterocycles. The number of rotatable bonds is 2. The third-order valence-corrected chi connectivity index (χ3v) is 3.98. The van der Waals surface area contributed by atoms with E-state index < -0.39 is 5.54 Å². The summed E-state index contributed by atoms with van der Waals surface area (Å²) in [6.07, 6.45) is 2.89. The van der Waals surface area contributed by atoms with Crippen molar-refractivity contribution in [2.45, 2.75) is 32.2 Å². The minimum atomic E-state index is -0.811. The summed E-state index contributed by atoms with van der Waals surface area (Å²) < 4.78 is 0. The molecule has 2 heterocycles. The molecular formula is C14H21N5O2. The number of carbonyl (C=O) groups is 2. The lowest BCUT2D eigenvalue weighted by Gasteiger charge is -2.36. The van der Waals surface area contributed by atoms with Crippen LogP contribution in [-0.2, 0) is 4.79 Å². The highest BCUT2D eigenvalue weighted by Gasteiger charge is 2.46. The van der Waals surface area contributed by atoms with E-state index in [1.54, 1.807) is 25.9 Å². The first-order valence-corrected chi connectivity index (χ1v) is 6.90. The summed E-state index contributed by atoms with van der Waals surface area (Å²) in [7, 11) is 3.40. The Bertz CT molecular complexity index is 587. The fourth-order valence-corrected chi connectivity index (χ4v) is 2.83. The summed E-state index contributed by atoms with van der Waals surface area (Å²) in [6.45, 7) is 4.08. The number of nitrogen functional groups attached to an aromatic ring is 1. The summed E-state index contributed by atoms with van der Waals surface area (Å²) in [5.41, 5.74) is 5.62. The van der Waals surface area contributed by atoms with Gasteiger partial charge in [0.1, 0.15) is 5.54 Å². The van der Waals surface area contributed by atoms with Gasteiger partial charge in [0.25, 0.3) is 5.91 Å². The monoisotopic (exact) mass is 291 g/mol. The molecule has 0 bridgehead atoms. The quantitative estimate of drug-likeness (QED) is 0.854. The number of likely N-dealkylation sites (N-methyl/N-ethyl adjacent to an activating group) is 1. The van der Waals surface area contributed by atoms with Gasteiger partial charge in [-0.3, -0.25) is 9.59 Å². The van der Waals surface area contributed by atoms with Crippen LogP contribution in [0.2, 0.25) is 0 Å². The van der Waals surface area contributed by atoms with Crippen molar-refractivity contribution in [3.63, 3.8) is 0 Å². The first kappa shape index (κ1) is 15.2. The van der Waals surface area contributed by atoms with Crippen LogP contribution in [0.1, 0.15) is 35.8 Å². The Labute approximate surface area is 124 Å². The SMILES string of the molecule is Cc1nc(N)ncc1C(=O)N1CCC[C@]1(C)C(=O)N(C)C. The zero-order valence-electron chi connectivity index (χ0n) is 12.9. The van der Waals surface area contributed by atoms with Crippen molar-refractivity contribution in [3.8, 4) is 0 Å². The second kappa shape index (κ2) is 5.31. The minimum absolute atomic E-state index is 0.0673. The Morgan fingerprint density at radius 3 is 2.67 bits per heavy atom. The van der Waals surface area contributed by atoms with Gasteiger partial charge in [-0.1, -0.05) is 0 Å². The van der Waals surface area contributed by atoms with Crippen LogP contribution < -0.4 is 5.73 Å². The average Bonchev–Trinajstić information content (AvgIpc) is 2.80. The zero-order valence-corrected chi connectivity index (χ0v) is 12.9. The molecule has 21 heavy (non-hydrogen) atoms. The Morgan fingerprint density at radius 2 is 2.10 bits per heavy atom. The van der Waals surface area contributed by atoms with Crippen molar-refractivity contribution in [2.24, 2.45) is 0 Å². The van der Waals surface area contributed by atoms with E-state index in [4.69, 9.17) is 5.73 Å². The van der Waals surface area contributed by atoms with E-state index in [-0.39, 0.29) is 17.8 Å². The maximum atomic E-state index is 12.8. The Kier molecular flexibility index (Phi) is 3.85. The van der Waals surface area contributed by atoms with Crippen LogP contribution in [0, 0.1) is 6.92 Å². The molecule has 0 aromatic carbocycles. The highest BCUT2D eigenvalue weighted by atomic mass is 16.2. The molecule has 0 saturated carbocycles. The molecule has 1 aromatic heterocycles. The number of likely N-dealkylation sites (tertiary alicyclic amines) is 1. The maximum absolute atomic E-state index is 12.8. The van der Waals surface area contributed by atoms with Gasteiger partial charge in [-0.2, -0.15) is 0 Å². The summed E-state index contributed by atoms with van der Waals surface area (Å²) in [6, 6.07) is 0. The van der Waals surface area contributed by atoms with Crippen LogP contribution in [0.4, 0.5) is 5.95 Å². The highest BCUT2D eigenvalue weighted by Crippen LogP contribution is 2.32. The molecule has 0 unspecified atom stereocenters. The molecular weight excluding hydrogens is 270 g/mol. The summed E-state index contributed by atoms with van der Waals surface area (Å²) in [5, 5.41) is 0. The molecule has 0 aliphatic carbocycles. The van der Waals surface area contributed by atoms with Gasteiger partial charge in [-0.15, -0.1) is 0 Å². The number of nitrogens with zero attached hydrogens (tertiary/aromatic N) is 4. The third-order valence-electron chi connectivity index (χ3n) is 3.98. The molecule has 7 nitrogen and oxygen atoms in total. The van der Waals surface area contributed by atoms with Crippen LogP contribution in [0.5, 0.6) is 0 Å². The average molecular weight is 291 g/mol. The molecule has 1 atom stereocenters. The lowest BCUT2D eigenvalue weighted by Crippen LogP contribution is -2.55. The Hall–Kier alpha value is -2.18. The highest BCUT2D eigenvalue weighted by molar-refractivity contribution is 6.00. The van der Waals surface area contributed by atoms with Crippen LogP contribution in [0.15, 0.2) is 6.20 Å². The number of hydrogen-bond donors (Lipinski definition) is 1. The van der Waals surface area contributed by atoms with E-state index in [1.807, 2.05) is 6.92 Å². The number of carbonyl (C=O) groups excluding carboxylic acids is 2. The van der Waals surface area contributed by atoms with E-state index in [0.717, 1.165) is 6.42 Å². The second-order valence-corrected chi connectivity index (χ2v) is 5.76. The summed E-state index contributed by atoms with van der Waals surface area (Å²) in [5.74, 6) is -0.150. The second-order valence-electron chi connectivity index (χ2n) is 5.76. The molecule has 0 radical (unpaired) electrons. The van der Waals surface area contributed by atoms with E-state index in [1.165, 1.54) is 11.1 Å². The van der Waals surface area contributed by atoms with Crippen LogP contribution in [0.25, 0.3) is 0 Å². The van der Waals surface area contributed by atoms with Crippen molar-refractivity contribution >= 4 is 17.8 Å². The fourth-order valence-electron chi connectivity index (χ4n) is 2.83. The topological polar surface area (TPSA) is 92.4 Å². The van der Waals surface area contributed by atoms with Gasteiger partial charge >= 0.3 is 0 Å². The number of aryl methyl sites for hydroxylation is 1. The molecule has 1 aliphatic rings. The fraction of sp³-hybridized carbons (Fsp3) is 0.571. The van der Waals surface area contributed by atoms with E-state index in [2.05, 4.69) is 9.97 Å². The van der Waals surface area contributed by atoms with E-state index >= 15 is 0 Å². The van der Waals surface area contributed by atoms with Crippen molar-refractivity contribution in [3.05, 3.63) is 17.5 Å². The lowest BCUT2D eigenvalue weighted by molar-refractivity contribution is -0.138. The maximum Gasteiger partial charge on any atom is 0.258 e. The summed E-state index contributed by atoms with van der Waals surface area (Å²) >= 11 is 0. The third kappa shape index (κ3) is 2.55. The molecule has 114 valence electrons. The van der Waals surface area contributed by atoms with Crippen molar-refractivity contribution in [1.29, 1.82) is 0 Å². The Balaban J connectivity index is 2.36. The minimum Gasteiger partial charge on any atom is -0.368 e. The first-order valence-electron chi connectivity index (χ1n) is 6.90. The van der Waals surface area contributed by atoms with Gasteiger partial charge in [0.05, 0.1) is 11.3 Å². The molecule has 1 aliphatic heterocycles. The van der Waals surface area contributed by atoms with Crippen molar-refractivity contribution in [1.82, 2.24) is 19.8 Å². The standard InChI is InChI=1S/C14H21N5O2/c1-9-10(8-16-13(15)17-9)11(20)19-7-5-6-14(19,2)12(21)18(3)4/h8H,5-7H2,1-4H3,(H2,15,16,17)/t14-/m1/s1. The normalized spacial score (nSPS) is 21.4. The molecule has 0 spiro atoms. The number of amides is 2. The van der Waals surface area contributed by atoms with Gasteiger partial charge in [-0.05, 0) is 26.7 Å². The van der Waals surface area contributed by atoms with Gasteiger partial charge in [0, 0.05) is 26.8 Å². The number of aromatic nitrogens is 2. The predicted molar refractivity (Wildman–Crippen MR) is 78.6 cm³/mol. The van der Waals surface area contributed by atoms with Crippen LogP contribution >= 0.6 is 0 Å². The Morgan fingerprint density at radius 1 is 1.43 bits per heavy atom. The number of anilines is 1. The summed E-state index contributed by atoms with van der Waals surface area (Å²) in [4.78, 5) is 36.2. The largest absolute Gasteiger partial charge is 0.368 e. The van der Waals surface area contributed by atoms with Gasteiger partial charge in [0.15, 0.2) is 0 Å². The number of hydrogen-bond acceptors (Lipinski definition) is 5. The molecule has 2 N–H and O–H groups in total. The molecule has 2 amide bonds. The van der Waals surface area contributed by atoms with Crippen molar-refractivity contribution in [2.75, 3.05) is 26.4 Å². The van der Waals surface area contributed by atoms with Gasteiger partial charge in [0.2, 0.25) is 11.9 Å². The van der Waals surface area contributed by atoms with E-state index in [0.29, 0.717) is 24.2 Å². The smallest absolute Gasteiger partial charge is 0.258 e. The zero-order chi connectivity index (χ0) is 15.8. The predicted octanol–water partition coefficient (Wildman–Crippen LogP) is 0.450. The van der Waals surface area contributed by atoms with Crippen LogP contribution in [0.3, 0.4) is 0 Å². The van der Waals surface area contributed by atoms with Gasteiger partial charge < -0.3 is 15.5 Å². The lowest BCUT2D eigenvalue weighted by atomic mass is 9.96. The van der Waals surface area contributed by atoms with Crippen LogP contribution in [-0.4, -0.2) is 57.8 Å². The van der Waals surface area contributed by atoms with Crippen molar-refractivity contribution < 1.29 is 9.59 Å². The first-order chi connectivity index (χ1) is 9.77. The molecule has 1 fully saturated rings. The van der Waals surface area contributed by atoms with Gasteiger partial charge in [-0.25, -0.2) is 9.97 Å². The number of nitrogens with two attached hydrogens (primary N) is 1. The van der Waals surface area contributed by atoms with E-state index in [9.17, 15) is 9.59 Å².